The summed E-state index contributed by atoms with van der Waals surface area (Å²) in [6, 6.07) is 6.78. The van der Waals surface area contributed by atoms with E-state index in [9.17, 15) is 9.59 Å². The summed E-state index contributed by atoms with van der Waals surface area (Å²) >= 11 is 0. The lowest BCUT2D eigenvalue weighted by molar-refractivity contribution is -0.133. The first-order chi connectivity index (χ1) is 11.0. The molecule has 3 N–H and O–H groups in total. The van der Waals surface area contributed by atoms with Gasteiger partial charge in [-0.05, 0) is 43.9 Å². The molecule has 1 unspecified atom stereocenters. The molecular formula is C17H25N3O3. The van der Waals surface area contributed by atoms with Crippen LogP contribution in [-0.4, -0.2) is 47.6 Å². The molecule has 0 aromatic heterocycles. The van der Waals surface area contributed by atoms with E-state index in [1.165, 1.54) is 0 Å². The van der Waals surface area contributed by atoms with Crippen LogP contribution in [0.2, 0.25) is 0 Å². The number of carbonyl (C=O) groups is 2. The highest BCUT2D eigenvalue weighted by molar-refractivity contribution is 5.92. The summed E-state index contributed by atoms with van der Waals surface area (Å²) in [7, 11) is 0. The lowest BCUT2D eigenvalue weighted by Gasteiger charge is -2.32. The Bertz CT molecular complexity index is 554. The number of hydrogen-bond acceptors (Lipinski definition) is 4. The van der Waals surface area contributed by atoms with Crippen molar-refractivity contribution in [2.75, 3.05) is 30.3 Å². The zero-order valence-corrected chi connectivity index (χ0v) is 13.7. The second-order valence-corrected chi connectivity index (χ2v) is 6.16. The van der Waals surface area contributed by atoms with Crippen molar-refractivity contribution in [1.29, 1.82) is 0 Å². The van der Waals surface area contributed by atoms with E-state index in [2.05, 4.69) is 17.6 Å². The van der Waals surface area contributed by atoms with Gasteiger partial charge in [-0.2, -0.15) is 0 Å². The molecule has 0 bridgehead atoms. The molecule has 23 heavy (non-hydrogen) atoms. The van der Waals surface area contributed by atoms with Crippen LogP contribution in [0.3, 0.4) is 0 Å². The van der Waals surface area contributed by atoms with Crippen molar-refractivity contribution in [1.82, 2.24) is 4.90 Å². The number of aliphatic hydroxyl groups is 1. The number of likely N-dealkylation sites (tertiary alicyclic amines) is 1. The van der Waals surface area contributed by atoms with E-state index in [0.717, 1.165) is 31.6 Å². The van der Waals surface area contributed by atoms with Crippen LogP contribution in [0.5, 0.6) is 0 Å². The highest BCUT2D eigenvalue weighted by atomic mass is 16.3. The van der Waals surface area contributed by atoms with Gasteiger partial charge in [0.05, 0.1) is 0 Å². The van der Waals surface area contributed by atoms with Gasteiger partial charge in [0.2, 0.25) is 11.8 Å². The minimum atomic E-state index is -0.556. The topological polar surface area (TPSA) is 81.7 Å². The zero-order valence-electron chi connectivity index (χ0n) is 13.7. The third kappa shape index (κ3) is 4.96. The van der Waals surface area contributed by atoms with Gasteiger partial charge in [0.25, 0.3) is 0 Å². The average Bonchev–Trinajstić information content (AvgIpc) is 2.55. The second kappa shape index (κ2) is 7.97. The number of piperidine rings is 1. The van der Waals surface area contributed by atoms with Gasteiger partial charge in [0.1, 0.15) is 12.6 Å². The SMILES string of the molecule is CC1CCN(C(=O)C(C)Nc2cccc(NC(=O)CO)c2)CC1. The Morgan fingerprint density at radius 1 is 1.30 bits per heavy atom. The molecule has 1 saturated heterocycles. The van der Waals surface area contributed by atoms with E-state index in [-0.39, 0.29) is 11.9 Å². The zero-order chi connectivity index (χ0) is 16.8. The maximum absolute atomic E-state index is 12.5. The van der Waals surface area contributed by atoms with Gasteiger partial charge in [-0.1, -0.05) is 13.0 Å². The Kier molecular flexibility index (Phi) is 5.98. The molecule has 1 heterocycles. The molecule has 6 nitrogen and oxygen atoms in total. The van der Waals surface area contributed by atoms with Crippen LogP contribution in [0.15, 0.2) is 24.3 Å². The van der Waals surface area contributed by atoms with Crippen LogP contribution in [0, 0.1) is 5.92 Å². The molecule has 1 fully saturated rings. The van der Waals surface area contributed by atoms with Gasteiger partial charge in [0, 0.05) is 24.5 Å². The molecule has 0 radical (unpaired) electrons. The summed E-state index contributed by atoms with van der Waals surface area (Å²) in [4.78, 5) is 25.6. The van der Waals surface area contributed by atoms with Crippen molar-refractivity contribution >= 4 is 23.2 Å². The van der Waals surface area contributed by atoms with E-state index < -0.39 is 12.5 Å². The fourth-order valence-electron chi connectivity index (χ4n) is 2.70. The highest BCUT2D eigenvalue weighted by Gasteiger charge is 2.24. The molecular weight excluding hydrogens is 294 g/mol. The number of anilines is 2. The number of hydrogen-bond donors (Lipinski definition) is 3. The number of nitrogens with one attached hydrogen (secondary N) is 2. The van der Waals surface area contributed by atoms with Crippen LogP contribution in [0.25, 0.3) is 0 Å². The molecule has 2 amide bonds. The van der Waals surface area contributed by atoms with Crippen molar-refractivity contribution in [2.24, 2.45) is 5.92 Å². The van der Waals surface area contributed by atoms with E-state index in [1.807, 2.05) is 17.9 Å². The maximum atomic E-state index is 12.5. The second-order valence-electron chi connectivity index (χ2n) is 6.16. The summed E-state index contributed by atoms with van der Waals surface area (Å²) in [5.41, 5.74) is 1.34. The quantitative estimate of drug-likeness (QED) is 0.771. The van der Waals surface area contributed by atoms with Gasteiger partial charge in [-0.3, -0.25) is 9.59 Å². The highest BCUT2D eigenvalue weighted by Crippen LogP contribution is 2.19. The van der Waals surface area contributed by atoms with Gasteiger partial charge >= 0.3 is 0 Å². The first kappa shape index (κ1) is 17.3. The third-order valence-electron chi connectivity index (χ3n) is 4.14. The number of aliphatic hydroxyl groups excluding tert-OH is 1. The minimum absolute atomic E-state index is 0.0988. The number of rotatable bonds is 5. The molecule has 0 spiro atoms. The van der Waals surface area contributed by atoms with Gasteiger partial charge in [-0.25, -0.2) is 0 Å². The fraction of sp³-hybridized carbons (Fsp3) is 0.529. The Morgan fingerprint density at radius 3 is 2.61 bits per heavy atom. The van der Waals surface area contributed by atoms with Crippen LogP contribution in [-0.2, 0) is 9.59 Å². The summed E-state index contributed by atoms with van der Waals surface area (Å²) in [5, 5.41) is 14.5. The molecule has 1 aliphatic heterocycles. The molecule has 2 rings (SSSR count). The molecule has 1 atom stereocenters. The van der Waals surface area contributed by atoms with Crippen molar-refractivity contribution in [3.63, 3.8) is 0 Å². The number of carbonyl (C=O) groups excluding carboxylic acids is 2. The first-order valence-electron chi connectivity index (χ1n) is 8.05. The van der Waals surface area contributed by atoms with Crippen LogP contribution in [0.1, 0.15) is 26.7 Å². The molecule has 1 aliphatic rings. The summed E-state index contributed by atoms with van der Waals surface area (Å²) < 4.78 is 0. The molecule has 1 aromatic rings. The molecule has 6 heteroatoms. The Morgan fingerprint density at radius 2 is 1.96 bits per heavy atom. The lowest BCUT2D eigenvalue weighted by Crippen LogP contribution is -2.45. The van der Waals surface area contributed by atoms with Crippen molar-refractivity contribution in [2.45, 2.75) is 32.7 Å². The minimum Gasteiger partial charge on any atom is -0.387 e. The van der Waals surface area contributed by atoms with E-state index >= 15 is 0 Å². The average molecular weight is 319 g/mol. The molecule has 126 valence electrons. The van der Waals surface area contributed by atoms with Crippen LogP contribution < -0.4 is 10.6 Å². The lowest BCUT2D eigenvalue weighted by atomic mass is 9.99. The standard InChI is InChI=1S/C17H25N3O3/c1-12-6-8-20(9-7-12)17(23)13(2)18-14-4-3-5-15(10-14)19-16(22)11-21/h3-5,10,12-13,18,21H,6-9,11H2,1-2H3,(H,19,22). The van der Waals surface area contributed by atoms with Crippen molar-refractivity contribution in [3.05, 3.63) is 24.3 Å². The van der Waals surface area contributed by atoms with E-state index in [0.29, 0.717) is 11.6 Å². The number of benzene rings is 1. The number of amides is 2. The van der Waals surface area contributed by atoms with E-state index in [1.54, 1.807) is 18.2 Å². The smallest absolute Gasteiger partial charge is 0.250 e. The Hall–Kier alpha value is -2.08. The largest absolute Gasteiger partial charge is 0.387 e. The first-order valence-corrected chi connectivity index (χ1v) is 8.05. The summed E-state index contributed by atoms with van der Waals surface area (Å²) in [5.74, 6) is 0.324. The van der Waals surface area contributed by atoms with Gasteiger partial charge in [-0.15, -0.1) is 0 Å². The number of nitrogens with zero attached hydrogens (tertiary/aromatic N) is 1. The monoisotopic (exact) mass is 319 g/mol. The fourth-order valence-corrected chi connectivity index (χ4v) is 2.70. The van der Waals surface area contributed by atoms with Crippen LogP contribution in [0.4, 0.5) is 11.4 Å². The van der Waals surface area contributed by atoms with Crippen molar-refractivity contribution in [3.8, 4) is 0 Å². The predicted octanol–water partition coefficient (Wildman–Crippen LogP) is 1.68. The summed E-state index contributed by atoms with van der Waals surface area (Å²) in [6.07, 6.45) is 2.11. The molecule has 0 saturated carbocycles. The van der Waals surface area contributed by atoms with E-state index in [4.69, 9.17) is 5.11 Å². The molecule has 1 aromatic carbocycles. The summed E-state index contributed by atoms with van der Waals surface area (Å²) in [6.45, 7) is 5.15. The Labute approximate surface area is 136 Å². The Balaban J connectivity index is 1.94. The normalized spacial score (nSPS) is 16.7. The molecule has 0 aliphatic carbocycles. The van der Waals surface area contributed by atoms with Gasteiger partial charge < -0.3 is 20.6 Å². The van der Waals surface area contributed by atoms with Crippen molar-refractivity contribution < 1.29 is 14.7 Å². The predicted molar refractivity (Wildman–Crippen MR) is 90.2 cm³/mol. The van der Waals surface area contributed by atoms with Gasteiger partial charge in [0.15, 0.2) is 0 Å². The van der Waals surface area contributed by atoms with Crippen LogP contribution >= 0.6 is 0 Å². The third-order valence-corrected chi connectivity index (χ3v) is 4.14. The maximum Gasteiger partial charge on any atom is 0.250 e.